The summed E-state index contributed by atoms with van der Waals surface area (Å²) in [6.45, 7) is 4.46. The Kier molecular flexibility index (Phi) is 8.17. The molecule has 1 aliphatic rings. The summed E-state index contributed by atoms with van der Waals surface area (Å²) in [5, 5.41) is 16.6. The molecule has 2 heterocycles. The van der Waals surface area contributed by atoms with E-state index in [1.807, 2.05) is 38.1 Å². The van der Waals surface area contributed by atoms with Gasteiger partial charge in [-0.05, 0) is 67.9 Å². The third kappa shape index (κ3) is 7.19. The topological polar surface area (TPSA) is 126 Å². The van der Waals surface area contributed by atoms with Crippen molar-refractivity contribution in [1.29, 1.82) is 5.26 Å². The predicted octanol–water partition coefficient (Wildman–Crippen LogP) is 7.98. The second-order valence-electron chi connectivity index (χ2n) is 9.96. The first-order chi connectivity index (χ1) is 21.6. The van der Waals surface area contributed by atoms with E-state index in [2.05, 4.69) is 20.4 Å². The minimum absolute atomic E-state index is 0.0207. The average molecular weight is 678 g/mol. The van der Waals surface area contributed by atoms with Gasteiger partial charge in [0.05, 0.1) is 35.0 Å². The van der Waals surface area contributed by atoms with Gasteiger partial charge in [0, 0.05) is 17.7 Å². The van der Waals surface area contributed by atoms with Crippen LogP contribution in [0.1, 0.15) is 23.6 Å². The summed E-state index contributed by atoms with van der Waals surface area (Å²) in [5.41, 5.74) is 2.70. The zero-order chi connectivity index (χ0) is 33.3. The number of urea groups is 1. The first kappa shape index (κ1) is 32.6. The minimum Gasteiger partial charge on any atom is -0.377 e. The van der Waals surface area contributed by atoms with Gasteiger partial charge in [0.1, 0.15) is 17.3 Å². The van der Waals surface area contributed by atoms with Crippen LogP contribution in [0.3, 0.4) is 0 Å². The molecule has 0 atom stereocenters. The van der Waals surface area contributed by atoms with Crippen LogP contribution >= 0.6 is 22.0 Å². The molecule has 10 nitrogen and oxygen atoms in total. The number of carbonyl (C=O) groups is 2. The highest BCUT2D eigenvalue weighted by atomic mass is 32.5. The Bertz CT molecular complexity index is 1930. The van der Waals surface area contributed by atoms with Crippen molar-refractivity contribution in [2.75, 3.05) is 22.6 Å². The van der Waals surface area contributed by atoms with E-state index in [9.17, 15) is 34.3 Å². The lowest BCUT2D eigenvalue weighted by atomic mass is 10.1. The maximum Gasteiger partial charge on any atom is 0.347 e. The molecular weight excluding hydrogens is 653 g/mol. The highest BCUT2D eigenvalue weighted by Crippen LogP contribution is 3.02. The van der Waals surface area contributed by atoms with Gasteiger partial charge in [-0.2, -0.15) is 10.3 Å². The summed E-state index contributed by atoms with van der Waals surface area (Å²) in [7, 11) is -9.82. The van der Waals surface area contributed by atoms with Crippen molar-refractivity contribution in [1.82, 2.24) is 14.8 Å². The zero-order valence-electron chi connectivity index (χ0n) is 24.1. The van der Waals surface area contributed by atoms with Gasteiger partial charge in [-0.3, -0.25) is 9.69 Å². The van der Waals surface area contributed by atoms with Crippen LogP contribution in [0.15, 0.2) is 76.9 Å². The molecular formula is C29H24F5N7O3S2. The van der Waals surface area contributed by atoms with Crippen molar-refractivity contribution in [2.24, 2.45) is 4.99 Å². The number of halogens is 5. The van der Waals surface area contributed by atoms with Gasteiger partial charge in [0.15, 0.2) is 11.0 Å². The number of aryl methyl sites for hydroxylation is 1. The first-order valence-corrected chi connectivity index (χ1v) is 16.3. The van der Waals surface area contributed by atoms with Crippen LogP contribution in [0.2, 0.25) is 0 Å². The Hall–Kier alpha value is -4.79. The van der Waals surface area contributed by atoms with Crippen LogP contribution in [0, 0.1) is 18.3 Å². The number of nitrogens with one attached hydrogen (secondary N) is 1. The zero-order valence-corrected chi connectivity index (χ0v) is 25.7. The molecule has 1 saturated heterocycles. The number of aromatic nitrogens is 3. The van der Waals surface area contributed by atoms with E-state index in [-0.39, 0.29) is 58.3 Å². The molecule has 4 aromatic rings. The van der Waals surface area contributed by atoms with Crippen LogP contribution < -0.4 is 10.2 Å². The highest BCUT2D eigenvalue weighted by molar-refractivity contribution is 8.45. The fourth-order valence-electron chi connectivity index (χ4n) is 4.39. The lowest BCUT2D eigenvalue weighted by Gasteiger charge is -2.40. The van der Waals surface area contributed by atoms with E-state index >= 15 is 0 Å². The van der Waals surface area contributed by atoms with Crippen molar-refractivity contribution < 1.29 is 33.8 Å². The summed E-state index contributed by atoms with van der Waals surface area (Å²) in [6, 6.07) is 13.2. The maximum absolute atomic E-state index is 13.0. The van der Waals surface area contributed by atoms with Crippen LogP contribution in [0.4, 0.5) is 35.6 Å². The van der Waals surface area contributed by atoms with Crippen molar-refractivity contribution in [3.8, 4) is 23.1 Å². The van der Waals surface area contributed by atoms with Crippen LogP contribution in [-0.4, -0.2) is 44.2 Å². The second kappa shape index (κ2) is 11.5. The molecule has 1 aromatic heterocycles. The SMILES string of the molecule is CCOCc1ccc(C)cc1N1C(=O)CSC1=NC(=O)Nc1ccc(-c2ncn(-c3ccc(S(F)(F)(F)(F)F)cc3)n2)cc1C#N. The molecule has 0 radical (unpaired) electrons. The maximum atomic E-state index is 13.0. The van der Waals surface area contributed by atoms with E-state index < -0.39 is 21.2 Å². The molecule has 1 N–H and O–H groups in total. The summed E-state index contributed by atoms with van der Waals surface area (Å²) >= 11 is 1.09. The van der Waals surface area contributed by atoms with Crippen LogP contribution in [0.5, 0.6) is 0 Å². The van der Waals surface area contributed by atoms with Crippen molar-refractivity contribution in [2.45, 2.75) is 25.3 Å². The fourth-order valence-corrected chi connectivity index (χ4v) is 5.90. The normalized spacial score (nSPS) is 15.8. The van der Waals surface area contributed by atoms with Gasteiger partial charge in [-0.1, -0.05) is 43.3 Å². The van der Waals surface area contributed by atoms with Gasteiger partial charge in [-0.15, -0.1) is 5.10 Å². The summed E-state index contributed by atoms with van der Waals surface area (Å²) < 4.78 is 71.8. The molecule has 240 valence electrons. The highest BCUT2D eigenvalue weighted by Gasteiger charge is 2.65. The smallest absolute Gasteiger partial charge is 0.347 e. The Morgan fingerprint density at radius 2 is 1.85 bits per heavy atom. The first-order valence-electron chi connectivity index (χ1n) is 13.4. The number of carbonyl (C=O) groups excluding carboxylic acids is 2. The monoisotopic (exact) mass is 677 g/mol. The average Bonchev–Trinajstić information content (AvgIpc) is 3.62. The molecule has 17 heteroatoms. The number of ether oxygens (including phenoxy) is 1. The number of hydrogen-bond donors (Lipinski definition) is 1. The standard InChI is InChI=1S/C29H24F5N7O3S2/c1-3-44-15-20-5-4-18(2)12-25(20)41-26(42)16-45-29(41)38-28(43)37-24-11-6-19(13-21(24)14-35)27-36-17-40(39-27)22-7-9-23(10-8-22)46(30,31,32,33)34/h4-13,17H,3,15-16H2,1-2H3,(H,37,43). The molecule has 0 unspecified atom stereocenters. The van der Waals surface area contributed by atoms with Gasteiger partial charge in [0.2, 0.25) is 5.91 Å². The van der Waals surface area contributed by atoms with E-state index in [1.165, 1.54) is 29.4 Å². The van der Waals surface area contributed by atoms with Crippen molar-refractivity contribution in [3.63, 3.8) is 0 Å². The molecule has 1 aliphatic heterocycles. The van der Waals surface area contributed by atoms with Crippen LogP contribution in [0.25, 0.3) is 17.1 Å². The number of aliphatic imine (C=N–C) groups is 1. The third-order valence-electron chi connectivity index (χ3n) is 6.58. The Balaban J connectivity index is 1.35. The summed E-state index contributed by atoms with van der Waals surface area (Å²) in [6.07, 6.45) is 1.17. The number of nitriles is 1. The number of rotatable bonds is 8. The number of amidine groups is 1. The molecule has 3 aromatic carbocycles. The predicted molar refractivity (Wildman–Crippen MR) is 166 cm³/mol. The number of amides is 3. The molecule has 0 aliphatic carbocycles. The Morgan fingerprint density at radius 1 is 1.11 bits per heavy atom. The van der Waals surface area contributed by atoms with E-state index in [4.69, 9.17) is 4.74 Å². The summed E-state index contributed by atoms with van der Waals surface area (Å²) in [5.74, 6) is -0.111. The van der Waals surface area contributed by atoms with E-state index in [1.54, 1.807) is 0 Å². The number of hydrogen-bond acceptors (Lipinski definition) is 7. The van der Waals surface area contributed by atoms with E-state index in [0.29, 0.717) is 17.9 Å². The number of thioether (sulfide) groups is 1. The van der Waals surface area contributed by atoms with E-state index in [0.717, 1.165) is 39.7 Å². The molecule has 46 heavy (non-hydrogen) atoms. The van der Waals surface area contributed by atoms with Crippen molar-refractivity contribution in [3.05, 3.63) is 83.7 Å². The molecule has 0 spiro atoms. The lowest BCUT2D eigenvalue weighted by molar-refractivity contribution is -0.115. The number of anilines is 2. The molecule has 5 rings (SSSR count). The number of benzene rings is 3. The van der Waals surface area contributed by atoms with Crippen LogP contribution in [-0.2, 0) is 16.1 Å². The molecule has 3 amide bonds. The Morgan fingerprint density at radius 3 is 2.52 bits per heavy atom. The van der Waals surface area contributed by atoms with Crippen molar-refractivity contribution >= 4 is 50.5 Å². The largest absolute Gasteiger partial charge is 0.377 e. The molecule has 0 bridgehead atoms. The van der Waals surface area contributed by atoms with Gasteiger partial charge in [0.25, 0.3) is 0 Å². The minimum atomic E-state index is -9.82. The van der Waals surface area contributed by atoms with Gasteiger partial charge in [-0.25, -0.2) is 14.5 Å². The molecule has 0 saturated carbocycles. The van der Waals surface area contributed by atoms with Gasteiger partial charge >= 0.3 is 16.3 Å². The van der Waals surface area contributed by atoms with Gasteiger partial charge < -0.3 is 10.1 Å². The third-order valence-corrected chi connectivity index (χ3v) is 8.67. The quantitative estimate of drug-likeness (QED) is 0.188. The summed E-state index contributed by atoms with van der Waals surface area (Å²) in [4.78, 5) is 33.3. The second-order valence-corrected chi connectivity index (χ2v) is 13.3. The number of nitrogens with zero attached hydrogens (tertiary/aromatic N) is 6. The Labute approximate surface area is 263 Å². The fraction of sp³-hybridized carbons (Fsp3) is 0.172. The lowest BCUT2D eigenvalue weighted by Crippen LogP contribution is -2.31. The molecule has 1 fully saturated rings.